The summed E-state index contributed by atoms with van der Waals surface area (Å²) in [6, 6.07) is 7.00. The van der Waals surface area contributed by atoms with Crippen LogP contribution >= 0.6 is 11.3 Å². The van der Waals surface area contributed by atoms with Crippen LogP contribution in [0.3, 0.4) is 0 Å². The van der Waals surface area contributed by atoms with E-state index >= 15 is 0 Å². The fourth-order valence-corrected chi connectivity index (χ4v) is 5.20. The molecule has 5 rings (SSSR count). The first-order valence-corrected chi connectivity index (χ1v) is 10.1. The zero-order chi connectivity index (χ0) is 17.5. The molecule has 0 bridgehead atoms. The lowest BCUT2D eigenvalue weighted by molar-refractivity contribution is 0.0610. The van der Waals surface area contributed by atoms with E-state index in [4.69, 9.17) is 4.98 Å². The molecule has 0 spiro atoms. The Morgan fingerprint density at radius 2 is 1.81 bits per heavy atom. The molecule has 0 amide bonds. The second kappa shape index (κ2) is 6.67. The fourth-order valence-electron chi connectivity index (χ4n) is 4.07. The zero-order valence-corrected chi connectivity index (χ0v) is 15.3. The fraction of sp³-hybridized carbons (Fsp3) is 0.450. The number of likely N-dealkylation sites (tertiary alicyclic amines) is 1. The Balaban J connectivity index is 1.30. The molecule has 1 aliphatic carbocycles. The number of nitrogens with zero attached hydrogens (tertiary/aromatic N) is 4. The van der Waals surface area contributed by atoms with E-state index in [-0.39, 0.29) is 0 Å². The second-order valence-electron chi connectivity index (χ2n) is 7.39. The van der Waals surface area contributed by atoms with Crippen molar-refractivity contribution in [3.05, 3.63) is 41.9 Å². The Morgan fingerprint density at radius 1 is 1.04 bits per heavy atom. The molecule has 1 aromatic carbocycles. The van der Waals surface area contributed by atoms with Gasteiger partial charge in [0.25, 0.3) is 0 Å². The number of hydrogen-bond donors (Lipinski definition) is 0. The summed E-state index contributed by atoms with van der Waals surface area (Å²) in [4.78, 5) is 15.6. The third-order valence-electron chi connectivity index (χ3n) is 5.74. The molecule has 2 aliphatic rings. The van der Waals surface area contributed by atoms with Crippen LogP contribution in [-0.2, 0) is 0 Å². The topological polar surface area (TPSA) is 41.9 Å². The number of halogens is 1. The van der Waals surface area contributed by atoms with Gasteiger partial charge in [0.1, 0.15) is 12.5 Å². The number of aromatic nitrogens is 3. The zero-order valence-electron chi connectivity index (χ0n) is 14.5. The van der Waals surface area contributed by atoms with Crippen LogP contribution in [0.5, 0.6) is 0 Å². The van der Waals surface area contributed by atoms with Crippen molar-refractivity contribution < 1.29 is 4.39 Å². The molecule has 1 saturated carbocycles. The van der Waals surface area contributed by atoms with Crippen LogP contribution in [-0.4, -0.2) is 45.2 Å². The van der Waals surface area contributed by atoms with E-state index in [0.717, 1.165) is 42.6 Å². The van der Waals surface area contributed by atoms with Gasteiger partial charge in [0.15, 0.2) is 0 Å². The SMILES string of the molecule is FC1CCN([C@H]2C[C@H](c3nc4ccc(-c5cncnc5)cc4s3)C2)CC1. The Morgan fingerprint density at radius 3 is 2.58 bits per heavy atom. The van der Waals surface area contributed by atoms with Crippen LogP contribution in [0.4, 0.5) is 4.39 Å². The molecule has 3 heterocycles. The normalized spacial score (nSPS) is 24.7. The van der Waals surface area contributed by atoms with E-state index in [0.29, 0.717) is 24.8 Å². The van der Waals surface area contributed by atoms with Gasteiger partial charge >= 0.3 is 0 Å². The highest BCUT2D eigenvalue weighted by Crippen LogP contribution is 2.43. The first-order valence-electron chi connectivity index (χ1n) is 9.30. The summed E-state index contributed by atoms with van der Waals surface area (Å²) < 4.78 is 14.5. The van der Waals surface area contributed by atoms with Gasteiger partial charge in [-0.3, -0.25) is 0 Å². The van der Waals surface area contributed by atoms with E-state index in [2.05, 4.69) is 33.1 Å². The molecule has 1 saturated heterocycles. The molecule has 6 heteroatoms. The van der Waals surface area contributed by atoms with Crippen molar-refractivity contribution in [3.8, 4) is 11.1 Å². The highest BCUT2D eigenvalue weighted by molar-refractivity contribution is 7.18. The first-order chi connectivity index (χ1) is 12.8. The third kappa shape index (κ3) is 3.01. The molecular weight excluding hydrogens is 347 g/mol. The van der Waals surface area contributed by atoms with E-state index in [1.807, 2.05) is 23.7 Å². The predicted molar refractivity (Wildman–Crippen MR) is 102 cm³/mol. The van der Waals surface area contributed by atoms with E-state index in [1.54, 1.807) is 6.33 Å². The molecule has 3 aromatic rings. The highest BCUT2D eigenvalue weighted by Gasteiger charge is 2.37. The van der Waals surface area contributed by atoms with Gasteiger partial charge < -0.3 is 4.90 Å². The van der Waals surface area contributed by atoms with Crippen LogP contribution in [0.15, 0.2) is 36.9 Å². The molecule has 26 heavy (non-hydrogen) atoms. The summed E-state index contributed by atoms with van der Waals surface area (Å²) >= 11 is 1.81. The smallest absolute Gasteiger partial charge is 0.115 e. The monoisotopic (exact) mass is 368 g/mol. The molecular formula is C20H21FN4S. The van der Waals surface area contributed by atoms with Crippen LogP contribution in [0.1, 0.15) is 36.6 Å². The summed E-state index contributed by atoms with van der Waals surface area (Å²) in [5, 5.41) is 1.25. The van der Waals surface area contributed by atoms with Crippen molar-refractivity contribution in [1.82, 2.24) is 19.9 Å². The second-order valence-corrected chi connectivity index (χ2v) is 8.46. The number of alkyl halides is 1. The number of benzene rings is 1. The molecule has 2 fully saturated rings. The maximum Gasteiger partial charge on any atom is 0.115 e. The van der Waals surface area contributed by atoms with Gasteiger partial charge in [-0.15, -0.1) is 11.3 Å². The number of piperidine rings is 1. The number of hydrogen-bond acceptors (Lipinski definition) is 5. The van der Waals surface area contributed by atoms with Crippen molar-refractivity contribution in [2.24, 2.45) is 0 Å². The lowest BCUT2D eigenvalue weighted by Crippen LogP contribution is -2.47. The molecule has 134 valence electrons. The van der Waals surface area contributed by atoms with Crippen LogP contribution < -0.4 is 0 Å². The lowest BCUT2D eigenvalue weighted by Gasteiger charge is -2.44. The molecule has 1 aliphatic heterocycles. The first kappa shape index (κ1) is 16.3. The Bertz CT molecular complexity index is 899. The van der Waals surface area contributed by atoms with Gasteiger partial charge in [-0.2, -0.15) is 0 Å². The predicted octanol–water partition coefficient (Wildman–Crippen LogP) is 4.43. The number of rotatable bonds is 3. The van der Waals surface area contributed by atoms with Gasteiger partial charge in [0, 0.05) is 43.0 Å². The quantitative estimate of drug-likeness (QED) is 0.686. The maximum atomic E-state index is 13.3. The molecule has 0 atom stereocenters. The average molecular weight is 368 g/mol. The summed E-state index contributed by atoms with van der Waals surface area (Å²) in [7, 11) is 0. The van der Waals surface area contributed by atoms with Gasteiger partial charge in [0.05, 0.1) is 15.2 Å². The number of fused-ring (bicyclic) bond motifs is 1. The van der Waals surface area contributed by atoms with Crippen molar-refractivity contribution in [2.75, 3.05) is 13.1 Å². The van der Waals surface area contributed by atoms with Gasteiger partial charge in [-0.05, 0) is 43.4 Å². The van der Waals surface area contributed by atoms with Gasteiger partial charge in [0.2, 0.25) is 0 Å². The Kier molecular flexibility index (Phi) is 4.17. The summed E-state index contributed by atoms with van der Waals surface area (Å²) in [5.74, 6) is 0.559. The van der Waals surface area contributed by atoms with Crippen LogP contribution in [0.2, 0.25) is 0 Å². The largest absolute Gasteiger partial charge is 0.300 e. The Hall–Kier alpha value is -1.92. The van der Waals surface area contributed by atoms with E-state index in [9.17, 15) is 4.39 Å². The van der Waals surface area contributed by atoms with Gasteiger partial charge in [-0.25, -0.2) is 19.3 Å². The Labute approximate surface area is 156 Å². The van der Waals surface area contributed by atoms with Crippen molar-refractivity contribution in [2.45, 2.75) is 43.8 Å². The highest BCUT2D eigenvalue weighted by atomic mass is 32.1. The maximum absolute atomic E-state index is 13.3. The number of thiazole rings is 1. The minimum absolute atomic E-state index is 0.559. The van der Waals surface area contributed by atoms with Gasteiger partial charge in [-0.1, -0.05) is 6.07 Å². The minimum Gasteiger partial charge on any atom is -0.300 e. The van der Waals surface area contributed by atoms with Crippen molar-refractivity contribution >= 4 is 21.6 Å². The molecule has 0 radical (unpaired) electrons. The van der Waals surface area contributed by atoms with E-state index < -0.39 is 6.17 Å². The molecule has 0 N–H and O–H groups in total. The lowest BCUT2D eigenvalue weighted by atomic mass is 9.79. The van der Waals surface area contributed by atoms with Crippen molar-refractivity contribution in [3.63, 3.8) is 0 Å². The third-order valence-corrected chi connectivity index (χ3v) is 6.92. The summed E-state index contributed by atoms with van der Waals surface area (Å²) in [6.45, 7) is 1.84. The summed E-state index contributed by atoms with van der Waals surface area (Å²) in [5.41, 5.74) is 3.24. The minimum atomic E-state index is -0.587. The van der Waals surface area contributed by atoms with Crippen LogP contribution in [0, 0.1) is 0 Å². The standard InChI is InChI=1S/C20H21FN4S/c21-16-3-5-25(6-4-16)17-7-14(8-17)20-24-18-2-1-13(9-19(18)26-20)15-10-22-12-23-11-15/h1-2,9-12,14,16-17H,3-8H2/t14-,17-. The van der Waals surface area contributed by atoms with Crippen LogP contribution in [0.25, 0.3) is 21.3 Å². The summed E-state index contributed by atoms with van der Waals surface area (Å²) in [6.07, 6.45) is 8.38. The van der Waals surface area contributed by atoms with E-state index in [1.165, 1.54) is 9.71 Å². The van der Waals surface area contributed by atoms with Crippen molar-refractivity contribution in [1.29, 1.82) is 0 Å². The molecule has 2 aromatic heterocycles. The molecule has 0 unspecified atom stereocenters. The average Bonchev–Trinajstić information content (AvgIpc) is 3.05. The molecule has 4 nitrogen and oxygen atoms in total.